The van der Waals surface area contributed by atoms with Gasteiger partial charge >= 0.3 is 0 Å². The van der Waals surface area contributed by atoms with Crippen LogP contribution in [0.4, 0.5) is 11.4 Å². The first kappa shape index (κ1) is 22.9. The Morgan fingerprint density at radius 2 is 1.76 bits per heavy atom. The van der Waals surface area contributed by atoms with Gasteiger partial charge in [0.15, 0.2) is 0 Å². The number of anilines is 2. The third-order valence-electron chi connectivity index (χ3n) is 5.44. The highest BCUT2D eigenvalue weighted by atomic mass is 32.2. The summed E-state index contributed by atoms with van der Waals surface area (Å²) in [5.74, 6) is 0.924. The van der Waals surface area contributed by atoms with Gasteiger partial charge < -0.3 is 9.64 Å². The maximum absolute atomic E-state index is 13.1. The van der Waals surface area contributed by atoms with Gasteiger partial charge in [0.25, 0.3) is 15.9 Å². The van der Waals surface area contributed by atoms with Crippen LogP contribution >= 0.6 is 0 Å². The van der Waals surface area contributed by atoms with Crippen molar-refractivity contribution in [2.75, 3.05) is 22.8 Å². The van der Waals surface area contributed by atoms with Crippen molar-refractivity contribution in [2.24, 2.45) is 5.92 Å². The molecule has 0 radical (unpaired) electrons. The zero-order valence-corrected chi connectivity index (χ0v) is 19.6. The second-order valence-corrected chi connectivity index (χ2v) is 10.2. The van der Waals surface area contributed by atoms with E-state index in [1.165, 1.54) is 12.1 Å². The second kappa shape index (κ2) is 9.67. The molecule has 4 rings (SSSR count). The summed E-state index contributed by atoms with van der Waals surface area (Å²) < 4.78 is 34.2. The number of sulfonamides is 1. The number of nitrogens with one attached hydrogen (secondary N) is 1. The van der Waals surface area contributed by atoms with Crippen molar-refractivity contribution in [1.29, 1.82) is 0 Å². The molecule has 1 aliphatic heterocycles. The van der Waals surface area contributed by atoms with Gasteiger partial charge in [-0.05, 0) is 72.9 Å². The van der Waals surface area contributed by atoms with E-state index in [4.69, 9.17) is 4.74 Å². The molecular formula is C26H28N2O4S. The van der Waals surface area contributed by atoms with Crippen LogP contribution in [0.2, 0.25) is 0 Å². The number of amides is 1. The highest BCUT2D eigenvalue weighted by molar-refractivity contribution is 7.92. The van der Waals surface area contributed by atoms with Crippen LogP contribution in [0.3, 0.4) is 0 Å². The van der Waals surface area contributed by atoms with E-state index in [1.54, 1.807) is 41.3 Å². The molecule has 1 amide bonds. The number of benzene rings is 3. The van der Waals surface area contributed by atoms with Gasteiger partial charge in [0.1, 0.15) is 5.75 Å². The summed E-state index contributed by atoms with van der Waals surface area (Å²) in [5.41, 5.74) is 2.80. The zero-order valence-electron chi connectivity index (χ0n) is 18.8. The minimum absolute atomic E-state index is 0.0893. The maximum atomic E-state index is 13.1. The molecule has 33 heavy (non-hydrogen) atoms. The molecule has 0 saturated carbocycles. The van der Waals surface area contributed by atoms with E-state index in [2.05, 4.69) is 18.6 Å². The summed E-state index contributed by atoms with van der Waals surface area (Å²) in [4.78, 5) is 15.0. The van der Waals surface area contributed by atoms with E-state index in [1.807, 2.05) is 24.3 Å². The molecule has 6 nitrogen and oxygen atoms in total. The molecule has 1 N–H and O–H groups in total. The molecule has 3 aromatic carbocycles. The number of rotatable bonds is 7. The lowest BCUT2D eigenvalue weighted by atomic mass is 10.00. The molecule has 0 aromatic heterocycles. The van der Waals surface area contributed by atoms with Gasteiger partial charge in [0.05, 0.1) is 17.2 Å². The molecule has 172 valence electrons. The fourth-order valence-electron chi connectivity index (χ4n) is 3.78. The van der Waals surface area contributed by atoms with Crippen molar-refractivity contribution in [3.05, 3.63) is 83.9 Å². The van der Waals surface area contributed by atoms with Crippen molar-refractivity contribution in [1.82, 2.24) is 0 Å². The molecule has 1 aliphatic rings. The number of carbonyl (C=O) groups is 1. The van der Waals surface area contributed by atoms with Crippen LogP contribution < -0.4 is 14.4 Å². The Balaban J connectivity index is 1.55. The van der Waals surface area contributed by atoms with Crippen LogP contribution in [0.15, 0.2) is 77.7 Å². The molecule has 0 aliphatic carbocycles. The Labute approximate surface area is 195 Å². The quantitative estimate of drug-likeness (QED) is 0.527. The molecule has 0 saturated heterocycles. The van der Waals surface area contributed by atoms with Crippen LogP contribution in [0.1, 0.15) is 36.2 Å². The van der Waals surface area contributed by atoms with Crippen molar-refractivity contribution < 1.29 is 17.9 Å². The molecule has 3 aromatic rings. The normalized spacial score (nSPS) is 13.5. The zero-order chi connectivity index (χ0) is 23.4. The van der Waals surface area contributed by atoms with Crippen molar-refractivity contribution in [3.8, 4) is 5.75 Å². The summed E-state index contributed by atoms with van der Waals surface area (Å²) in [6.45, 7) is 5.26. The first-order valence-electron chi connectivity index (χ1n) is 11.1. The van der Waals surface area contributed by atoms with Crippen molar-refractivity contribution in [2.45, 2.75) is 31.6 Å². The molecular weight excluding hydrogens is 436 g/mol. The minimum atomic E-state index is -3.79. The van der Waals surface area contributed by atoms with Crippen LogP contribution in [0.25, 0.3) is 0 Å². The molecule has 0 bridgehead atoms. The molecule has 1 heterocycles. The number of ether oxygens (including phenoxy) is 1. The SMILES string of the molecule is CC(C)COc1ccc(S(=O)(=O)Nc2ccc3c(c2)N(C(=O)c2ccccc2)CCC3)cc1. The first-order valence-corrected chi connectivity index (χ1v) is 12.6. The lowest BCUT2D eigenvalue weighted by molar-refractivity contribution is 0.0985. The van der Waals surface area contributed by atoms with E-state index in [9.17, 15) is 13.2 Å². The monoisotopic (exact) mass is 464 g/mol. The molecule has 0 atom stereocenters. The van der Waals surface area contributed by atoms with Crippen LogP contribution in [0, 0.1) is 5.92 Å². The Hall–Kier alpha value is -3.32. The van der Waals surface area contributed by atoms with Gasteiger partial charge in [0.2, 0.25) is 0 Å². The summed E-state index contributed by atoms with van der Waals surface area (Å²) in [5, 5.41) is 0. The van der Waals surface area contributed by atoms with Crippen molar-refractivity contribution >= 4 is 27.3 Å². The summed E-state index contributed by atoms with van der Waals surface area (Å²) in [6, 6.07) is 20.9. The topological polar surface area (TPSA) is 75.7 Å². The molecule has 0 spiro atoms. The number of fused-ring (bicyclic) bond motifs is 1. The number of hydrogen-bond donors (Lipinski definition) is 1. The summed E-state index contributed by atoms with van der Waals surface area (Å²) >= 11 is 0. The molecule has 7 heteroatoms. The highest BCUT2D eigenvalue weighted by Gasteiger charge is 2.24. The average molecular weight is 465 g/mol. The lowest BCUT2D eigenvalue weighted by Crippen LogP contribution is -2.35. The second-order valence-electron chi connectivity index (χ2n) is 8.55. The van der Waals surface area contributed by atoms with Gasteiger partial charge in [0, 0.05) is 17.8 Å². The van der Waals surface area contributed by atoms with Gasteiger partial charge in [-0.3, -0.25) is 9.52 Å². The van der Waals surface area contributed by atoms with Crippen LogP contribution in [-0.2, 0) is 16.4 Å². The maximum Gasteiger partial charge on any atom is 0.261 e. The smallest absolute Gasteiger partial charge is 0.261 e. The number of nitrogens with zero attached hydrogens (tertiary/aromatic N) is 1. The van der Waals surface area contributed by atoms with Gasteiger partial charge in [-0.15, -0.1) is 0 Å². The number of carbonyl (C=O) groups excluding carboxylic acids is 1. The Morgan fingerprint density at radius 1 is 1.03 bits per heavy atom. The molecule has 0 unspecified atom stereocenters. The predicted molar refractivity (Wildman–Crippen MR) is 130 cm³/mol. The average Bonchev–Trinajstić information content (AvgIpc) is 2.82. The van der Waals surface area contributed by atoms with E-state index < -0.39 is 10.0 Å². The van der Waals surface area contributed by atoms with E-state index in [0.29, 0.717) is 36.1 Å². The number of hydrogen-bond acceptors (Lipinski definition) is 4. The summed E-state index contributed by atoms with van der Waals surface area (Å²) in [6.07, 6.45) is 1.71. The van der Waals surface area contributed by atoms with E-state index >= 15 is 0 Å². The predicted octanol–water partition coefficient (Wildman–Crippen LogP) is 5.12. The lowest BCUT2D eigenvalue weighted by Gasteiger charge is -2.30. The highest BCUT2D eigenvalue weighted by Crippen LogP contribution is 2.32. The fourth-order valence-corrected chi connectivity index (χ4v) is 4.83. The van der Waals surface area contributed by atoms with Gasteiger partial charge in [-0.1, -0.05) is 38.1 Å². The Bertz CT molecular complexity index is 1220. The fraction of sp³-hybridized carbons (Fsp3) is 0.269. The standard InChI is InChI=1S/C26H28N2O4S/c1-19(2)18-32-23-12-14-24(15-13-23)33(30,31)27-22-11-10-20-9-6-16-28(25(20)17-22)26(29)21-7-4-3-5-8-21/h3-5,7-8,10-15,17,19,27H,6,9,16,18H2,1-2H3. The summed E-state index contributed by atoms with van der Waals surface area (Å²) in [7, 11) is -3.79. The Morgan fingerprint density at radius 3 is 2.45 bits per heavy atom. The first-order chi connectivity index (χ1) is 15.8. The van der Waals surface area contributed by atoms with Crippen LogP contribution in [0.5, 0.6) is 5.75 Å². The van der Waals surface area contributed by atoms with Gasteiger partial charge in [-0.2, -0.15) is 0 Å². The number of aryl methyl sites for hydroxylation is 1. The van der Waals surface area contributed by atoms with E-state index in [-0.39, 0.29) is 10.8 Å². The van der Waals surface area contributed by atoms with Gasteiger partial charge in [-0.25, -0.2) is 8.42 Å². The largest absolute Gasteiger partial charge is 0.493 e. The third kappa shape index (κ3) is 5.37. The van der Waals surface area contributed by atoms with E-state index in [0.717, 1.165) is 24.1 Å². The van der Waals surface area contributed by atoms with Crippen LogP contribution in [-0.4, -0.2) is 27.5 Å². The van der Waals surface area contributed by atoms with Crippen molar-refractivity contribution in [3.63, 3.8) is 0 Å². The molecule has 0 fully saturated rings. The third-order valence-corrected chi connectivity index (χ3v) is 6.84. The Kier molecular flexibility index (Phi) is 6.70. The minimum Gasteiger partial charge on any atom is -0.493 e.